The summed E-state index contributed by atoms with van der Waals surface area (Å²) in [5.41, 5.74) is 1.31. The molecular formula is C23H26F4N2O6. The number of benzene rings is 1. The van der Waals surface area contributed by atoms with Crippen LogP contribution < -0.4 is 10.1 Å². The second-order valence-corrected chi connectivity index (χ2v) is 8.43. The summed E-state index contributed by atoms with van der Waals surface area (Å²) in [5.74, 6) is -14.7. The molecule has 1 aliphatic carbocycles. The summed E-state index contributed by atoms with van der Waals surface area (Å²) in [4.78, 5) is 26.6. The van der Waals surface area contributed by atoms with Crippen LogP contribution in [-0.4, -0.2) is 53.6 Å². The molecule has 0 bridgehead atoms. The monoisotopic (exact) mass is 502 g/mol. The van der Waals surface area contributed by atoms with Gasteiger partial charge in [-0.25, -0.2) is 9.78 Å². The van der Waals surface area contributed by atoms with Crippen molar-refractivity contribution >= 4 is 11.9 Å². The third-order valence-electron chi connectivity index (χ3n) is 5.87. The summed E-state index contributed by atoms with van der Waals surface area (Å²) in [6.07, 6.45) is 1.79. The maximum absolute atomic E-state index is 13.7. The zero-order valence-electron chi connectivity index (χ0n) is 19.2. The van der Waals surface area contributed by atoms with Gasteiger partial charge in [0.05, 0.1) is 13.7 Å². The molecule has 3 rings (SSSR count). The van der Waals surface area contributed by atoms with Crippen molar-refractivity contribution in [3.8, 4) is 17.2 Å². The number of alkyl halides is 4. The molecule has 1 saturated carbocycles. The molecule has 192 valence electrons. The molecule has 35 heavy (non-hydrogen) atoms. The fourth-order valence-electron chi connectivity index (χ4n) is 3.89. The van der Waals surface area contributed by atoms with Gasteiger partial charge in [-0.1, -0.05) is 12.5 Å². The Labute approximate surface area is 198 Å². The number of aliphatic carboxylic acids is 1. The highest BCUT2D eigenvalue weighted by atomic mass is 19.3. The van der Waals surface area contributed by atoms with E-state index in [4.69, 9.17) is 19.0 Å². The van der Waals surface area contributed by atoms with Gasteiger partial charge in [0, 0.05) is 18.2 Å². The Morgan fingerprint density at radius 1 is 1.23 bits per heavy atom. The summed E-state index contributed by atoms with van der Waals surface area (Å²) in [6.45, 7) is 2.11. The molecule has 0 saturated heterocycles. The fourth-order valence-corrected chi connectivity index (χ4v) is 3.89. The minimum atomic E-state index is -5.51. The number of amides is 1. The predicted molar refractivity (Wildman–Crippen MR) is 114 cm³/mol. The maximum Gasteiger partial charge on any atom is 0.413 e. The summed E-state index contributed by atoms with van der Waals surface area (Å²) in [5, 5.41) is 10.2. The van der Waals surface area contributed by atoms with Gasteiger partial charge in [-0.2, -0.15) is 17.6 Å². The number of aryl methyl sites for hydroxylation is 1. The lowest BCUT2D eigenvalue weighted by Crippen LogP contribution is -2.58. The second kappa shape index (κ2) is 10.6. The number of hydrogen-bond donors (Lipinski definition) is 2. The molecule has 2 atom stereocenters. The average Bonchev–Trinajstić information content (AvgIpc) is 3.19. The molecule has 0 radical (unpaired) electrons. The summed E-state index contributed by atoms with van der Waals surface area (Å²) < 4.78 is 70.6. The smallest absolute Gasteiger partial charge is 0.413 e. The van der Waals surface area contributed by atoms with Gasteiger partial charge in [0.25, 0.3) is 5.91 Å². The van der Waals surface area contributed by atoms with Crippen molar-refractivity contribution in [2.75, 3.05) is 13.7 Å². The van der Waals surface area contributed by atoms with Crippen molar-refractivity contribution in [3.63, 3.8) is 0 Å². The molecule has 1 aliphatic rings. The third-order valence-corrected chi connectivity index (χ3v) is 5.87. The summed E-state index contributed by atoms with van der Waals surface area (Å²) in [6, 6.07) is 6.41. The van der Waals surface area contributed by atoms with Crippen LogP contribution in [0, 0.1) is 12.8 Å². The largest absolute Gasteiger partial charge is 0.497 e. The van der Waals surface area contributed by atoms with Gasteiger partial charge in [0.2, 0.25) is 5.89 Å². The number of rotatable bonds is 10. The number of aromatic nitrogens is 1. The van der Waals surface area contributed by atoms with E-state index in [2.05, 4.69) is 4.98 Å². The Bertz CT molecular complexity index is 1060. The molecule has 2 aromatic rings. The van der Waals surface area contributed by atoms with Crippen molar-refractivity contribution in [1.29, 1.82) is 0 Å². The van der Waals surface area contributed by atoms with Crippen LogP contribution in [0.1, 0.15) is 37.1 Å². The van der Waals surface area contributed by atoms with E-state index in [0.29, 0.717) is 42.4 Å². The van der Waals surface area contributed by atoms with Gasteiger partial charge in [-0.15, -0.1) is 0 Å². The minimum absolute atomic E-state index is 0.118. The molecule has 1 amide bonds. The molecule has 0 aliphatic heterocycles. The molecule has 2 unspecified atom stereocenters. The number of halogens is 4. The highest BCUT2D eigenvalue weighted by Gasteiger charge is 2.67. The molecular weight excluding hydrogens is 476 g/mol. The second-order valence-electron chi connectivity index (χ2n) is 8.43. The SMILES string of the molecule is COc1cccc(-c2nc(COCC3CCCC(NC(=O)C(F)(F)C(F)(F)C(=O)O)C3)c(C)o2)c1. The number of carboxylic acid groups (broad SMARTS) is 1. The number of carbonyl (C=O) groups is 2. The van der Waals surface area contributed by atoms with Crippen LogP contribution in [0.15, 0.2) is 28.7 Å². The van der Waals surface area contributed by atoms with Crippen molar-refractivity contribution in [2.24, 2.45) is 5.92 Å². The lowest BCUT2D eigenvalue weighted by Gasteiger charge is -2.31. The van der Waals surface area contributed by atoms with Gasteiger partial charge in [-0.3, -0.25) is 4.79 Å². The number of hydrogen-bond acceptors (Lipinski definition) is 6. The highest BCUT2D eigenvalue weighted by Crippen LogP contribution is 2.35. The van der Waals surface area contributed by atoms with Crippen LogP contribution >= 0.6 is 0 Å². The molecule has 8 nitrogen and oxygen atoms in total. The van der Waals surface area contributed by atoms with Crippen LogP contribution in [0.3, 0.4) is 0 Å². The first-order valence-electron chi connectivity index (χ1n) is 10.9. The van der Waals surface area contributed by atoms with Crippen molar-refractivity contribution in [2.45, 2.75) is 57.1 Å². The molecule has 1 heterocycles. The number of methoxy groups -OCH3 is 1. The Morgan fingerprint density at radius 2 is 1.97 bits per heavy atom. The van der Waals surface area contributed by atoms with E-state index in [-0.39, 0.29) is 25.6 Å². The van der Waals surface area contributed by atoms with Crippen LogP contribution in [-0.2, 0) is 20.9 Å². The van der Waals surface area contributed by atoms with E-state index in [9.17, 15) is 27.2 Å². The van der Waals surface area contributed by atoms with E-state index in [1.54, 1.807) is 32.2 Å². The van der Waals surface area contributed by atoms with E-state index >= 15 is 0 Å². The van der Waals surface area contributed by atoms with E-state index in [1.165, 1.54) is 0 Å². The number of ether oxygens (including phenoxy) is 2. The zero-order chi connectivity index (χ0) is 25.8. The third kappa shape index (κ3) is 5.92. The summed E-state index contributed by atoms with van der Waals surface area (Å²) in [7, 11) is 1.55. The van der Waals surface area contributed by atoms with E-state index in [1.807, 2.05) is 11.4 Å². The lowest BCUT2D eigenvalue weighted by molar-refractivity contribution is -0.222. The van der Waals surface area contributed by atoms with Crippen molar-refractivity contribution < 1.29 is 46.1 Å². The van der Waals surface area contributed by atoms with Gasteiger partial charge in [-0.05, 0) is 50.3 Å². The molecule has 1 aromatic heterocycles. The lowest BCUT2D eigenvalue weighted by atomic mass is 9.86. The highest BCUT2D eigenvalue weighted by molar-refractivity contribution is 5.92. The zero-order valence-corrected chi connectivity index (χ0v) is 19.2. The number of nitrogens with one attached hydrogen (secondary N) is 1. The summed E-state index contributed by atoms with van der Waals surface area (Å²) >= 11 is 0. The fraction of sp³-hybridized carbons (Fsp3) is 0.522. The standard InChI is InChI=1S/C23H26F4N2O6/c1-13-18(29-19(35-13)15-6-4-8-17(10-15)33-2)12-34-11-14-5-3-7-16(9-14)28-20(30)22(24,25)23(26,27)21(31)32/h4,6,8,10,14,16H,3,5,7,9,11-12H2,1-2H3,(H,28,30)(H,31,32). The first-order chi connectivity index (χ1) is 16.5. The number of carboxylic acids is 1. The first kappa shape index (κ1) is 26.5. The molecule has 12 heteroatoms. The van der Waals surface area contributed by atoms with Crippen molar-refractivity contribution in [3.05, 3.63) is 35.7 Å². The van der Waals surface area contributed by atoms with E-state index < -0.39 is 29.8 Å². The Morgan fingerprint density at radius 3 is 2.66 bits per heavy atom. The van der Waals surface area contributed by atoms with Gasteiger partial charge in [0.15, 0.2) is 0 Å². The molecule has 1 fully saturated rings. The molecule has 2 N–H and O–H groups in total. The van der Waals surface area contributed by atoms with E-state index in [0.717, 1.165) is 5.56 Å². The van der Waals surface area contributed by atoms with Gasteiger partial charge in [0.1, 0.15) is 17.2 Å². The van der Waals surface area contributed by atoms with Crippen LogP contribution in [0.5, 0.6) is 5.75 Å². The molecule has 1 aromatic carbocycles. The predicted octanol–water partition coefficient (Wildman–Crippen LogP) is 4.21. The average molecular weight is 502 g/mol. The van der Waals surface area contributed by atoms with Gasteiger partial charge < -0.3 is 24.3 Å². The topological polar surface area (TPSA) is 111 Å². The normalized spacial score (nSPS) is 18.8. The number of carbonyl (C=O) groups excluding carboxylic acids is 1. The Kier molecular flexibility index (Phi) is 8.04. The maximum atomic E-state index is 13.7. The van der Waals surface area contributed by atoms with Crippen LogP contribution in [0.2, 0.25) is 0 Å². The Hall–Kier alpha value is -3.15. The number of nitrogens with zero attached hydrogens (tertiary/aromatic N) is 1. The minimum Gasteiger partial charge on any atom is -0.497 e. The quantitative estimate of drug-likeness (QED) is 0.469. The van der Waals surface area contributed by atoms with Crippen LogP contribution in [0.25, 0.3) is 11.5 Å². The van der Waals surface area contributed by atoms with Crippen molar-refractivity contribution in [1.82, 2.24) is 10.3 Å². The van der Waals surface area contributed by atoms with Crippen LogP contribution in [0.4, 0.5) is 17.6 Å². The van der Waals surface area contributed by atoms with Gasteiger partial charge >= 0.3 is 17.8 Å². The Balaban J connectivity index is 1.53. The number of oxazole rings is 1. The first-order valence-corrected chi connectivity index (χ1v) is 10.9. The molecule has 0 spiro atoms.